The van der Waals surface area contributed by atoms with Gasteiger partial charge in [0.2, 0.25) is 0 Å². The average Bonchev–Trinajstić information content (AvgIpc) is 2.42. The van der Waals surface area contributed by atoms with Crippen molar-refractivity contribution >= 4 is 11.8 Å². The summed E-state index contributed by atoms with van der Waals surface area (Å²) in [6, 6.07) is 1.76. The van der Waals surface area contributed by atoms with Crippen LogP contribution >= 0.6 is 0 Å². The van der Waals surface area contributed by atoms with Gasteiger partial charge in [0, 0.05) is 19.1 Å². The summed E-state index contributed by atoms with van der Waals surface area (Å²) in [5.41, 5.74) is 0.186. The van der Waals surface area contributed by atoms with Crippen molar-refractivity contribution in [3.63, 3.8) is 0 Å². The van der Waals surface area contributed by atoms with Crippen molar-refractivity contribution in [3.8, 4) is 0 Å². The van der Waals surface area contributed by atoms with E-state index in [1.165, 1.54) is 18.7 Å². The van der Waals surface area contributed by atoms with Gasteiger partial charge in [-0.1, -0.05) is 6.92 Å². The first kappa shape index (κ1) is 13.7. The predicted octanol–water partition coefficient (Wildman–Crippen LogP) is 1.46. The molecule has 2 N–H and O–H groups in total. The molecule has 1 fully saturated rings. The van der Waals surface area contributed by atoms with Gasteiger partial charge in [0.25, 0.3) is 0 Å². The Kier molecular flexibility index (Phi) is 4.68. The van der Waals surface area contributed by atoms with Crippen molar-refractivity contribution < 1.29 is 9.90 Å². The minimum atomic E-state index is -0.971. The Morgan fingerprint density at radius 1 is 1.53 bits per heavy atom. The van der Waals surface area contributed by atoms with Crippen molar-refractivity contribution in [1.29, 1.82) is 0 Å². The Hall–Kier alpha value is -1.69. The predicted molar refractivity (Wildman–Crippen MR) is 72.4 cm³/mol. The van der Waals surface area contributed by atoms with E-state index in [0.29, 0.717) is 5.82 Å². The fraction of sp³-hybridized carbons (Fsp3) is 0.615. The maximum absolute atomic E-state index is 11.1. The van der Waals surface area contributed by atoms with E-state index in [0.717, 1.165) is 32.5 Å². The number of hydrogen-bond acceptors (Lipinski definition) is 5. The molecule has 6 nitrogen and oxygen atoms in total. The Morgan fingerprint density at radius 3 is 2.89 bits per heavy atom. The Labute approximate surface area is 112 Å². The molecule has 0 aromatic carbocycles. The Morgan fingerprint density at radius 2 is 2.26 bits per heavy atom. The van der Waals surface area contributed by atoms with Crippen LogP contribution in [0.1, 0.15) is 36.5 Å². The summed E-state index contributed by atoms with van der Waals surface area (Å²) in [4.78, 5) is 13.5. The number of aromatic carboxylic acids is 1. The highest BCUT2D eigenvalue weighted by Crippen LogP contribution is 2.17. The average molecular weight is 264 g/mol. The molecule has 0 bridgehead atoms. The van der Waals surface area contributed by atoms with Gasteiger partial charge in [0.05, 0.1) is 6.20 Å². The molecule has 104 valence electrons. The third kappa shape index (κ3) is 3.64. The molecule has 0 radical (unpaired) electrons. The number of carboxylic acids is 1. The maximum Gasteiger partial charge on any atom is 0.339 e. The van der Waals surface area contributed by atoms with Crippen LogP contribution in [0.5, 0.6) is 0 Å². The third-order valence-electron chi connectivity index (χ3n) is 3.42. The van der Waals surface area contributed by atoms with E-state index < -0.39 is 5.97 Å². The van der Waals surface area contributed by atoms with Crippen LogP contribution < -0.4 is 5.32 Å². The summed E-state index contributed by atoms with van der Waals surface area (Å²) in [7, 11) is 0. The van der Waals surface area contributed by atoms with E-state index >= 15 is 0 Å². The molecule has 6 heteroatoms. The second kappa shape index (κ2) is 6.47. The van der Waals surface area contributed by atoms with E-state index in [1.807, 2.05) is 0 Å². The van der Waals surface area contributed by atoms with Crippen LogP contribution in [-0.2, 0) is 0 Å². The van der Waals surface area contributed by atoms with Gasteiger partial charge in [0.1, 0.15) is 5.56 Å². The van der Waals surface area contributed by atoms with Gasteiger partial charge in [0.15, 0.2) is 5.82 Å². The molecular weight excluding hydrogens is 244 g/mol. The molecule has 1 saturated heterocycles. The number of aromatic nitrogens is 2. The van der Waals surface area contributed by atoms with E-state index in [-0.39, 0.29) is 11.6 Å². The smallest absolute Gasteiger partial charge is 0.339 e. The van der Waals surface area contributed by atoms with Gasteiger partial charge < -0.3 is 15.3 Å². The topological polar surface area (TPSA) is 78.3 Å². The van der Waals surface area contributed by atoms with Crippen LogP contribution in [0.15, 0.2) is 12.3 Å². The zero-order chi connectivity index (χ0) is 13.7. The first-order chi connectivity index (χ1) is 9.20. The minimum Gasteiger partial charge on any atom is -0.478 e. The Balaban J connectivity index is 1.94. The number of carboxylic acid groups (broad SMARTS) is 1. The zero-order valence-corrected chi connectivity index (χ0v) is 11.2. The van der Waals surface area contributed by atoms with Crippen molar-refractivity contribution in [3.05, 3.63) is 17.8 Å². The molecule has 0 spiro atoms. The molecule has 1 aliphatic rings. The second-order valence-electron chi connectivity index (χ2n) is 4.86. The number of anilines is 1. The molecule has 0 atom stereocenters. The van der Waals surface area contributed by atoms with Gasteiger partial charge in [-0.05, 0) is 31.9 Å². The SMILES string of the molecule is CCCN1CCC(Nc2nnccc2C(=O)O)CC1. The van der Waals surface area contributed by atoms with Crippen molar-refractivity contribution in [2.45, 2.75) is 32.2 Å². The standard InChI is InChI=1S/C13H20N4O2/c1-2-7-17-8-4-10(5-9-17)15-12-11(13(18)19)3-6-14-16-12/h3,6,10H,2,4-5,7-9H2,1H3,(H,15,16)(H,18,19). The van der Waals surface area contributed by atoms with Crippen LogP contribution in [-0.4, -0.2) is 51.8 Å². The Bertz CT molecular complexity index is 430. The first-order valence-corrected chi connectivity index (χ1v) is 6.74. The van der Waals surface area contributed by atoms with E-state index in [9.17, 15) is 4.79 Å². The summed E-state index contributed by atoms with van der Waals surface area (Å²) in [5.74, 6) is -0.593. The lowest BCUT2D eigenvalue weighted by Gasteiger charge is -2.32. The lowest BCUT2D eigenvalue weighted by Crippen LogP contribution is -2.39. The quantitative estimate of drug-likeness (QED) is 0.838. The van der Waals surface area contributed by atoms with E-state index in [4.69, 9.17) is 5.11 Å². The molecule has 0 aliphatic carbocycles. The molecule has 0 saturated carbocycles. The van der Waals surface area contributed by atoms with Crippen molar-refractivity contribution in [2.24, 2.45) is 0 Å². The highest BCUT2D eigenvalue weighted by atomic mass is 16.4. The fourth-order valence-corrected chi connectivity index (χ4v) is 2.42. The summed E-state index contributed by atoms with van der Waals surface area (Å²) < 4.78 is 0. The fourth-order valence-electron chi connectivity index (χ4n) is 2.42. The third-order valence-corrected chi connectivity index (χ3v) is 3.42. The van der Waals surface area contributed by atoms with E-state index in [2.05, 4.69) is 27.3 Å². The van der Waals surface area contributed by atoms with Crippen molar-refractivity contribution in [2.75, 3.05) is 25.0 Å². The van der Waals surface area contributed by atoms with Gasteiger partial charge in [-0.15, -0.1) is 5.10 Å². The number of rotatable bonds is 5. The minimum absolute atomic E-state index is 0.186. The van der Waals surface area contributed by atoms with Gasteiger partial charge >= 0.3 is 5.97 Å². The number of likely N-dealkylation sites (tertiary alicyclic amines) is 1. The van der Waals surface area contributed by atoms with Crippen LogP contribution in [0, 0.1) is 0 Å². The van der Waals surface area contributed by atoms with Gasteiger partial charge in [-0.25, -0.2) is 4.79 Å². The number of nitrogens with one attached hydrogen (secondary N) is 1. The summed E-state index contributed by atoms with van der Waals surface area (Å²) in [5, 5.41) is 19.9. The molecule has 1 aromatic rings. The van der Waals surface area contributed by atoms with Crippen LogP contribution in [0.3, 0.4) is 0 Å². The van der Waals surface area contributed by atoms with Gasteiger partial charge in [-0.3, -0.25) is 0 Å². The number of piperidine rings is 1. The van der Waals surface area contributed by atoms with Crippen LogP contribution in [0.4, 0.5) is 5.82 Å². The first-order valence-electron chi connectivity index (χ1n) is 6.74. The number of carbonyl (C=O) groups is 1. The second-order valence-corrected chi connectivity index (χ2v) is 4.86. The molecule has 0 unspecified atom stereocenters. The van der Waals surface area contributed by atoms with Crippen LogP contribution in [0.25, 0.3) is 0 Å². The molecule has 2 heterocycles. The lowest BCUT2D eigenvalue weighted by molar-refractivity contribution is 0.0697. The highest BCUT2D eigenvalue weighted by molar-refractivity contribution is 5.92. The van der Waals surface area contributed by atoms with E-state index in [1.54, 1.807) is 0 Å². The maximum atomic E-state index is 11.1. The largest absolute Gasteiger partial charge is 0.478 e. The molecule has 1 aromatic heterocycles. The molecule has 0 amide bonds. The number of nitrogens with zero attached hydrogens (tertiary/aromatic N) is 3. The monoisotopic (exact) mass is 264 g/mol. The summed E-state index contributed by atoms with van der Waals surface area (Å²) in [6.45, 7) is 5.42. The molecule has 19 heavy (non-hydrogen) atoms. The molecular formula is C13H20N4O2. The molecule has 1 aliphatic heterocycles. The zero-order valence-electron chi connectivity index (χ0n) is 11.2. The summed E-state index contributed by atoms with van der Waals surface area (Å²) >= 11 is 0. The van der Waals surface area contributed by atoms with Crippen molar-refractivity contribution in [1.82, 2.24) is 15.1 Å². The highest BCUT2D eigenvalue weighted by Gasteiger charge is 2.21. The lowest BCUT2D eigenvalue weighted by atomic mass is 10.0. The number of hydrogen-bond donors (Lipinski definition) is 2. The van der Waals surface area contributed by atoms with Gasteiger partial charge in [-0.2, -0.15) is 5.10 Å². The normalized spacial score (nSPS) is 17.3. The summed E-state index contributed by atoms with van der Waals surface area (Å²) in [6.07, 6.45) is 4.59. The van der Waals surface area contributed by atoms with Crippen LogP contribution in [0.2, 0.25) is 0 Å². The molecule has 2 rings (SSSR count).